The quantitative estimate of drug-likeness (QED) is 0.583. The van der Waals surface area contributed by atoms with Gasteiger partial charge in [0.2, 0.25) is 5.91 Å². The van der Waals surface area contributed by atoms with Crippen LogP contribution in [0.1, 0.15) is 59.9 Å². The van der Waals surface area contributed by atoms with Crippen LogP contribution in [-0.2, 0) is 16.1 Å². The molecule has 180 valence electrons. The highest BCUT2D eigenvalue weighted by molar-refractivity contribution is 5.90. The Morgan fingerprint density at radius 2 is 1.82 bits per heavy atom. The first-order valence-corrected chi connectivity index (χ1v) is 11.8. The molecule has 0 aromatic heterocycles. The zero-order valence-corrected chi connectivity index (χ0v) is 20.8. The van der Waals surface area contributed by atoms with Gasteiger partial charge in [0.15, 0.2) is 0 Å². The molecular formula is C27H39N3O3. The third-order valence-corrected chi connectivity index (χ3v) is 6.37. The Morgan fingerprint density at radius 3 is 2.42 bits per heavy atom. The van der Waals surface area contributed by atoms with Crippen molar-refractivity contribution < 1.29 is 14.7 Å². The van der Waals surface area contributed by atoms with Gasteiger partial charge in [0.25, 0.3) is 0 Å². The molecule has 0 saturated carbocycles. The highest BCUT2D eigenvalue weighted by Gasteiger charge is 2.37. The van der Waals surface area contributed by atoms with Gasteiger partial charge in [0.1, 0.15) is 11.9 Å². The third-order valence-electron chi connectivity index (χ3n) is 6.37. The number of benzene rings is 1. The average molecular weight is 454 g/mol. The lowest BCUT2D eigenvalue weighted by molar-refractivity contribution is -0.122. The zero-order chi connectivity index (χ0) is 24.4. The van der Waals surface area contributed by atoms with E-state index < -0.39 is 6.04 Å². The number of aliphatic hydroxyl groups is 1. The second-order valence-electron chi connectivity index (χ2n) is 11.3. The summed E-state index contributed by atoms with van der Waals surface area (Å²) >= 11 is 0. The number of aliphatic hydroxyl groups excluding tert-OH is 1. The summed E-state index contributed by atoms with van der Waals surface area (Å²) in [4.78, 5) is 18.1. The summed E-state index contributed by atoms with van der Waals surface area (Å²) in [6.45, 7) is 13.1. The van der Waals surface area contributed by atoms with Crippen molar-refractivity contribution in [1.29, 1.82) is 0 Å². The van der Waals surface area contributed by atoms with E-state index in [1.807, 2.05) is 30.3 Å². The lowest BCUT2D eigenvalue weighted by Gasteiger charge is -2.35. The maximum Gasteiger partial charge on any atom is 0.237 e. The molecule has 3 atom stereocenters. The molecule has 3 rings (SSSR count). The second kappa shape index (κ2) is 9.72. The monoisotopic (exact) mass is 453 g/mol. The molecule has 0 fully saturated rings. The Bertz CT molecular complexity index is 949. The molecule has 1 aliphatic heterocycles. The smallest absolute Gasteiger partial charge is 0.237 e. The minimum atomic E-state index is -0.604. The number of carbonyl (C=O) groups is 1. The van der Waals surface area contributed by atoms with Crippen LogP contribution in [0.25, 0.3) is 0 Å². The van der Waals surface area contributed by atoms with Gasteiger partial charge in [-0.15, -0.1) is 0 Å². The number of hydrogen-bond donors (Lipinski definition) is 3. The summed E-state index contributed by atoms with van der Waals surface area (Å²) in [5.41, 5.74) is 9.76. The van der Waals surface area contributed by atoms with E-state index in [1.54, 1.807) is 0 Å². The fourth-order valence-electron chi connectivity index (χ4n) is 4.38. The van der Waals surface area contributed by atoms with Gasteiger partial charge in [-0.05, 0) is 40.4 Å². The van der Waals surface area contributed by atoms with E-state index in [1.165, 1.54) is 0 Å². The summed E-state index contributed by atoms with van der Waals surface area (Å²) < 4.78 is 0. The van der Waals surface area contributed by atoms with Gasteiger partial charge in [-0.1, -0.05) is 83.1 Å². The first-order valence-electron chi connectivity index (χ1n) is 11.8. The molecule has 3 unspecified atom stereocenters. The number of oxime groups is 1. The lowest BCUT2D eigenvalue weighted by atomic mass is 9.70. The van der Waals surface area contributed by atoms with Gasteiger partial charge in [-0.2, -0.15) is 0 Å². The van der Waals surface area contributed by atoms with E-state index in [-0.39, 0.29) is 28.8 Å². The fourth-order valence-corrected chi connectivity index (χ4v) is 4.38. The maximum atomic E-state index is 12.5. The Kier molecular flexibility index (Phi) is 7.37. The van der Waals surface area contributed by atoms with Crippen molar-refractivity contribution in [1.82, 2.24) is 5.32 Å². The van der Waals surface area contributed by atoms with E-state index in [2.05, 4.69) is 58.1 Å². The van der Waals surface area contributed by atoms with Crippen molar-refractivity contribution in [2.45, 2.75) is 73.0 Å². The van der Waals surface area contributed by atoms with Crippen molar-refractivity contribution in [3.05, 3.63) is 58.9 Å². The molecule has 1 aromatic carbocycles. The van der Waals surface area contributed by atoms with Crippen molar-refractivity contribution in [3.8, 4) is 0 Å². The van der Waals surface area contributed by atoms with Crippen molar-refractivity contribution in [3.63, 3.8) is 0 Å². The van der Waals surface area contributed by atoms with Crippen LogP contribution in [0.5, 0.6) is 0 Å². The topological polar surface area (TPSA) is 96.9 Å². The third kappa shape index (κ3) is 6.26. The van der Waals surface area contributed by atoms with E-state index >= 15 is 0 Å². The molecule has 2 aliphatic rings. The van der Waals surface area contributed by atoms with Crippen LogP contribution in [0.4, 0.5) is 0 Å². The average Bonchev–Trinajstić information content (AvgIpc) is 3.20. The summed E-state index contributed by atoms with van der Waals surface area (Å²) in [5, 5.41) is 18.3. The molecule has 0 radical (unpaired) electrons. The highest BCUT2D eigenvalue weighted by Crippen LogP contribution is 2.44. The first-order chi connectivity index (χ1) is 15.4. The number of allylic oxidation sites excluding steroid dienone is 3. The summed E-state index contributed by atoms with van der Waals surface area (Å²) in [7, 11) is 0. The molecule has 0 bridgehead atoms. The molecule has 4 N–H and O–H groups in total. The maximum absolute atomic E-state index is 12.5. The summed E-state index contributed by atoms with van der Waals surface area (Å²) in [6, 6.07) is 9.15. The van der Waals surface area contributed by atoms with Crippen LogP contribution in [0.15, 0.2) is 58.5 Å². The van der Waals surface area contributed by atoms with E-state index in [0.717, 1.165) is 28.8 Å². The predicted molar refractivity (Wildman–Crippen MR) is 133 cm³/mol. The number of nitrogens with zero attached hydrogens (tertiary/aromatic N) is 1. The van der Waals surface area contributed by atoms with Crippen LogP contribution in [-0.4, -0.2) is 35.4 Å². The van der Waals surface area contributed by atoms with Gasteiger partial charge in [0.05, 0.1) is 18.3 Å². The first kappa shape index (κ1) is 25.0. The summed E-state index contributed by atoms with van der Waals surface area (Å²) in [5.74, 6) is 0.304. The molecule has 33 heavy (non-hydrogen) atoms. The van der Waals surface area contributed by atoms with Gasteiger partial charge < -0.3 is 21.0 Å². The van der Waals surface area contributed by atoms with Crippen LogP contribution >= 0.6 is 0 Å². The van der Waals surface area contributed by atoms with E-state index in [0.29, 0.717) is 25.1 Å². The molecule has 6 heteroatoms. The molecule has 0 spiro atoms. The molecule has 6 nitrogen and oxygen atoms in total. The number of nitrogens with two attached hydrogens (primary N) is 1. The van der Waals surface area contributed by atoms with Gasteiger partial charge in [-0.25, -0.2) is 0 Å². The largest absolute Gasteiger partial charge is 0.508 e. The van der Waals surface area contributed by atoms with Gasteiger partial charge in [0, 0.05) is 12.3 Å². The fraction of sp³-hybridized carbons (Fsp3) is 0.556. The number of nitrogens with one attached hydrogen (secondary N) is 1. The highest BCUT2D eigenvalue weighted by atomic mass is 16.6. The standard InChI is InChI=1S/C27H39N3O3/c1-26(2,3)20-13-18(14-21(24(20)31)27(4,5)6)23-15-19(33-30-23)16-29-25(32)22(28)12-17-10-8-7-9-11-17/h7-11,13,18-19,22,31H,12,14-16,28H2,1-6H3,(H,29,32). The van der Waals surface area contributed by atoms with Crippen molar-refractivity contribution in [2.75, 3.05) is 6.54 Å². The minimum absolute atomic E-state index is 0.0744. The SMILES string of the molecule is CC(C)(C)C1=CC(C2=NOC(CNC(=O)C(N)Cc3ccccc3)C2)CC(C(C)(C)C)=C1O. The van der Waals surface area contributed by atoms with Crippen LogP contribution in [0.3, 0.4) is 0 Å². The van der Waals surface area contributed by atoms with Crippen molar-refractivity contribution in [2.24, 2.45) is 27.6 Å². The Labute approximate surface area is 198 Å². The number of amides is 1. The Balaban J connectivity index is 1.60. The second-order valence-corrected chi connectivity index (χ2v) is 11.3. The lowest BCUT2D eigenvalue weighted by Crippen LogP contribution is -2.44. The van der Waals surface area contributed by atoms with E-state index in [9.17, 15) is 9.90 Å². The molecule has 1 amide bonds. The molecule has 0 saturated heterocycles. The zero-order valence-electron chi connectivity index (χ0n) is 20.8. The minimum Gasteiger partial charge on any atom is -0.508 e. The number of rotatable bonds is 6. The van der Waals surface area contributed by atoms with Crippen LogP contribution in [0.2, 0.25) is 0 Å². The summed E-state index contributed by atoms with van der Waals surface area (Å²) in [6.07, 6.45) is 3.79. The van der Waals surface area contributed by atoms with E-state index in [4.69, 9.17) is 10.6 Å². The van der Waals surface area contributed by atoms with Crippen molar-refractivity contribution >= 4 is 11.6 Å². The Morgan fingerprint density at radius 1 is 1.15 bits per heavy atom. The normalized spacial score (nSPS) is 22.4. The molecule has 1 heterocycles. The Hall–Kier alpha value is -2.60. The van der Waals surface area contributed by atoms with Gasteiger partial charge in [-0.3, -0.25) is 4.79 Å². The number of carbonyl (C=O) groups excluding carboxylic acids is 1. The molecular weight excluding hydrogens is 414 g/mol. The number of hydrogen-bond acceptors (Lipinski definition) is 5. The van der Waals surface area contributed by atoms with Crippen LogP contribution < -0.4 is 11.1 Å². The molecule has 1 aliphatic carbocycles. The predicted octanol–water partition coefficient (Wildman–Crippen LogP) is 4.67. The molecule has 1 aromatic rings. The van der Waals surface area contributed by atoms with Crippen LogP contribution in [0, 0.1) is 16.7 Å². The van der Waals surface area contributed by atoms with Gasteiger partial charge >= 0.3 is 0 Å².